The summed E-state index contributed by atoms with van der Waals surface area (Å²) in [7, 11) is 0. The number of fused-ring (bicyclic) bond motifs is 3. The minimum atomic E-state index is 0.0289. The van der Waals surface area contributed by atoms with Gasteiger partial charge in [-0.05, 0) is 24.3 Å². The zero-order valence-electron chi connectivity index (χ0n) is 13.3. The number of carbonyl (C=O) groups excluding carboxylic acids is 1. The van der Waals surface area contributed by atoms with E-state index in [9.17, 15) is 4.79 Å². The van der Waals surface area contributed by atoms with Crippen molar-refractivity contribution in [1.82, 2.24) is 19.8 Å². The Kier molecular flexibility index (Phi) is 3.92. The third kappa shape index (κ3) is 2.68. The van der Waals surface area contributed by atoms with Gasteiger partial charge in [0.1, 0.15) is 6.33 Å². The molecule has 1 amide bonds. The van der Waals surface area contributed by atoms with Gasteiger partial charge in [-0.15, -0.1) is 15.3 Å². The molecule has 5 rings (SSSR count). The first kappa shape index (κ1) is 15.9. The molecule has 0 radical (unpaired) electrons. The van der Waals surface area contributed by atoms with Crippen molar-refractivity contribution in [3.05, 3.63) is 54.9 Å². The quantitative estimate of drug-likeness (QED) is 0.485. The number of aromatic nitrogens is 4. The lowest BCUT2D eigenvalue weighted by Gasteiger charge is -2.30. The zero-order valence-corrected chi connectivity index (χ0v) is 15.7. The van der Waals surface area contributed by atoms with Crippen LogP contribution < -0.4 is 4.90 Å². The standard InChI is InChI=1S/C17H11N5OS3/c23-15(9-24-17-20-21-10-18-19-16(21)26-17)22-11-5-1-3-7-13(11)25-14-8-4-2-6-12(14)22/h1-8,10H,9H2. The fraction of sp³-hybridized carbons (Fsp3) is 0.0588. The summed E-state index contributed by atoms with van der Waals surface area (Å²) in [5.74, 6) is 0.332. The Morgan fingerprint density at radius 2 is 1.73 bits per heavy atom. The lowest BCUT2D eigenvalue weighted by Crippen LogP contribution is -2.29. The number of para-hydroxylation sites is 2. The Morgan fingerprint density at radius 3 is 2.42 bits per heavy atom. The van der Waals surface area contributed by atoms with Crippen LogP contribution in [0.3, 0.4) is 0 Å². The van der Waals surface area contributed by atoms with Gasteiger partial charge in [-0.25, -0.2) is 0 Å². The molecule has 0 spiro atoms. The molecular formula is C17H11N5OS3. The molecule has 1 aliphatic heterocycles. The molecule has 2 aromatic carbocycles. The van der Waals surface area contributed by atoms with Crippen molar-refractivity contribution >= 4 is 57.1 Å². The van der Waals surface area contributed by atoms with E-state index < -0.39 is 0 Å². The van der Waals surface area contributed by atoms with Crippen LogP contribution in [0, 0.1) is 0 Å². The molecule has 0 aliphatic carbocycles. The molecule has 9 heteroatoms. The van der Waals surface area contributed by atoms with Crippen LogP contribution >= 0.6 is 34.9 Å². The molecular weight excluding hydrogens is 386 g/mol. The van der Waals surface area contributed by atoms with E-state index in [1.165, 1.54) is 23.1 Å². The number of hydrogen-bond donors (Lipinski definition) is 0. The van der Waals surface area contributed by atoms with Gasteiger partial charge in [0.2, 0.25) is 10.9 Å². The van der Waals surface area contributed by atoms with Gasteiger partial charge in [0, 0.05) is 9.79 Å². The maximum absolute atomic E-state index is 13.1. The van der Waals surface area contributed by atoms with E-state index in [-0.39, 0.29) is 5.91 Å². The Balaban J connectivity index is 1.45. The van der Waals surface area contributed by atoms with Crippen molar-refractivity contribution in [3.8, 4) is 0 Å². The lowest BCUT2D eigenvalue weighted by atomic mass is 10.2. The van der Waals surface area contributed by atoms with Crippen LogP contribution in [0.15, 0.2) is 69.0 Å². The van der Waals surface area contributed by atoms with E-state index >= 15 is 0 Å². The third-order valence-corrected chi connectivity index (χ3v) is 7.03. The summed E-state index contributed by atoms with van der Waals surface area (Å²) in [6.07, 6.45) is 1.56. The molecule has 2 aromatic heterocycles. The molecule has 4 aromatic rings. The Hall–Kier alpha value is -2.36. The van der Waals surface area contributed by atoms with E-state index in [0.717, 1.165) is 30.5 Å². The van der Waals surface area contributed by atoms with E-state index in [0.29, 0.717) is 5.75 Å². The Labute approximate surface area is 161 Å². The predicted molar refractivity (Wildman–Crippen MR) is 104 cm³/mol. The summed E-state index contributed by atoms with van der Waals surface area (Å²) in [5, 5.41) is 12.1. The average molecular weight is 398 g/mol. The summed E-state index contributed by atoms with van der Waals surface area (Å²) >= 11 is 4.55. The molecule has 0 atom stereocenters. The monoisotopic (exact) mass is 397 g/mol. The van der Waals surface area contributed by atoms with Gasteiger partial charge in [0.05, 0.1) is 17.1 Å². The van der Waals surface area contributed by atoms with Crippen LogP contribution in [0.2, 0.25) is 0 Å². The zero-order chi connectivity index (χ0) is 17.5. The minimum Gasteiger partial charge on any atom is -0.278 e. The van der Waals surface area contributed by atoms with Crippen LogP contribution in [0.25, 0.3) is 4.96 Å². The van der Waals surface area contributed by atoms with E-state index in [1.54, 1.807) is 22.6 Å². The normalized spacial score (nSPS) is 12.8. The minimum absolute atomic E-state index is 0.0289. The molecule has 6 nitrogen and oxygen atoms in total. The average Bonchev–Trinajstić information content (AvgIpc) is 3.26. The fourth-order valence-corrected chi connectivity index (χ4v) is 5.53. The van der Waals surface area contributed by atoms with Crippen LogP contribution in [-0.2, 0) is 4.79 Å². The highest BCUT2D eigenvalue weighted by Crippen LogP contribution is 2.48. The smallest absolute Gasteiger partial charge is 0.242 e. The summed E-state index contributed by atoms with van der Waals surface area (Å²) in [6.45, 7) is 0. The number of carbonyl (C=O) groups is 1. The highest BCUT2D eigenvalue weighted by atomic mass is 32.2. The van der Waals surface area contributed by atoms with Gasteiger partial charge in [-0.1, -0.05) is 59.1 Å². The van der Waals surface area contributed by atoms with Crippen molar-refractivity contribution in [2.75, 3.05) is 10.7 Å². The molecule has 0 N–H and O–H groups in total. The lowest BCUT2D eigenvalue weighted by molar-refractivity contribution is -0.115. The SMILES string of the molecule is O=C(CSc1nn2cnnc2s1)N1c2ccccc2Sc2ccccc21. The first-order chi connectivity index (χ1) is 12.8. The molecule has 0 saturated carbocycles. The maximum Gasteiger partial charge on any atom is 0.242 e. The van der Waals surface area contributed by atoms with Gasteiger partial charge in [-0.3, -0.25) is 9.69 Å². The molecule has 0 bridgehead atoms. The van der Waals surface area contributed by atoms with Gasteiger partial charge in [-0.2, -0.15) is 4.52 Å². The van der Waals surface area contributed by atoms with Crippen molar-refractivity contribution in [2.24, 2.45) is 0 Å². The summed E-state index contributed by atoms with van der Waals surface area (Å²) in [5.41, 5.74) is 1.86. The largest absolute Gasteiger partial charge is 0.278 e. The van der Waals surface area contributed by atoms with Gasteiger partial charge < -0.3 is 0 Å². The molecule has 0 unspecified atom stereocenters. The second-order valence-electron chi connectivity index (χ2n) is 5.48. The van der Waals surface area contributed by atoms with Crippen molar-refractivity contribution < 1.29 is 4.79 Å². The van der Waals surface area contributed by atoms with Crippen LogP contribution in [-0.4, -0.2) is 31.5 Å². The highest BCUT2D eigenvalue weighted by molar-refractivity contribution is 8.01. The number of anilines is 2. The van der Waals surface area contributed by atoms with E-state index in [2.05, 4.69) is 15.3 Å². The second kappa shape index (κ2) is 6.42. The number of rotatable bonds is 3. The Morgan fingerprint density at radius 1 is 1.04 bits per heavy atom. The maximum atomic E-state index is 13.1. The van der Waals surface area contributed by atoms with Gasteiger partial charge in [0.15, 0.2) is 4.34 Å². The second-order valence-corrected chi connectivity index (χ2v) is 8.74. The number of nitrogens with zero attached hydrogens (tertiary/aromatic N) is 5. The Bertz CT molecular complexity index is 1050. The number of hydrogen-bond acceptors (Lipinski definition) is 7. The molecule has 26 heavy (non-hydrogen) atoms. The van der Waals surface area contributed by atoms with E-state index in [4.69, 9.17) is 0 Å². The number of benzene rings is 2. The fourth-order valence-electron chi connectivity index (χ4n) is 2.76. The first-order valence-corrected chi connectivity index (χ1v) is 10.4. The number of thioether (sulfide) groups is 1. The summed E-state index contributed by atoms with van der Waals surface area (Å²) in [4.78, 5) is 17.8. The number of amides is 1. The van der Waals surface area contributed by atoms with Crippen molar-refractivity contribution in [1.29, 1.82) is 0 Å². The van der Waals surface area contributed by atoms with E-state index in [1.807, 2.05) is 53.4 Å². The summed E-state index contributed by atoms with van der Waals surface area (Å²) < 4.78 is 2.43. The van der Waals surface area contributed by atoms with Crippen molar-refractivity contribution in [3.63, 3.8) is 0 Å². The molecule has 1 aliphatic rings. The first-order valence-electron chi connectivity index (χ1n) is 7.78. The van der Waals surface area contributed by atoms with Crippen LogP contribution in [0.5, 0.6) is 0 Å². The topological polar surface area (TPSA) is 63.4 Å². The van der Waals surface area contributed by atoms with Crippen molar-refractivity contribution in [2.45, 2.75) is 14.1 Å². The molecule has 0 saturated heterocycles. The molecule has 128 valence electrons. The predicted octanol–water partition coefficient (Wildman–Crippen LogP) is 4.11. The van der Waals surface area contributed by atoms with Gasteiger partial charge >= 0.3 is 0 Å². The summed E-state index contributed by atoms with van der Waals surface area (Å²) in [6, 6.07) is 16.0. The van der Waals surface area contributed by atoms with Crippen LogP contribution in [0.4, 0.5) is 11.4 Å². The molecule has 0 fully saturated rings. The highest BCUT2D eigenvalue weighted by Gasteiger charge is 2.27. The third-order valence-electron chi connectivity index (χ3n) is 3.87. The van der Waals surface area contributed by atoms with Gasteiger partial charge in [0.25, 0.3) is 0 Å². The van der Waals surface area contributed by atoms with Crippen LogP contribution in [0.1, 0.15) is 0 Å². The molecule has 3 heterocycles.